The van der Waals surface area contributed by atoms with Gasteiger partial charge < -0.3 is 15.4 Å². The number of hydrogen-bond acceptors (Lipinski definition) is 3. The van der Waals surface area contributed by atoms with Crippen LogP contribution in [0, 0.1) is 11.8 Å². The molecule has 1 unspecified atom stereocenters. The Bertz CT molecular complexity index is 364. The Morgan fingerprint density at radius 3 is 2.32 bits per heavy atom. The topological polar surface area (TPSA) is 33.3 Å². The molecule has 1 aromatic carbocycles. The van der Waals surface area contributed by atoms with Crippen molar-refractivity contribution < 1.29 is 4.74 Å². The highest BCUT2D eigenvalue weighted by Crippen LogP contribution is 2.25. The lowest BCUT2D eigenvalue weighted by atomic mass is 9.95. The predicted molar refractivity (Wildman–Crippen MR) is 83.0 cm³/mol. The summed E-state index contributed by atoms with van der Waals surface area (Å²) in [6.07, 6.45) is 0.196. The molecule has 108 valence electrons. The predicted octanol–water partition coefficient (Wildman–Crippen LogP) is 3.38. The fraction of sp³-hybridized carbons (Fsp3) is 0.625. The van der Waals surface area contributed by atoms with Gasteiger partial charge in [0.1, 0.15) is 5.75 Å². The first kappa shape index (κ1) is 15.8. The monoisotopic (exact) mass is 264 g/mol. The van der Waals surface area contributed by atoms with Crippen LogP contribution in [-0.4, -0.2) is 26.2 Å². The van der Waals surface area contributed by atoms with Gasteiger partial charge in [-0.1, -0.05) is 26.0 Å². The van der Waals surface area contributed by atoms with Crippen LogP contribution in [0.3, 0.4) is 0 Å². The summed E-state index contributed by atoms with van der Waals surface area (Å²) in [5.74, 6) is 2.19. The highest BCUT2D eigenvalue weighted by atomic mass is 16.5. The van der Waals surface area contributed by atoms with E-state index in [9.17, 15) is 0 Å². The molecular formula is C16H28N2O. The molecule has 0 saturated carbocycles. The van der Waals surface area contributed by atoms with Crippen LogP contribution in [0.15, 0.2) is 24.3 Å². The van der Waals surface area contributed by atoms with Crippen LogP contribution in [0.2, 0.25) is 0 Å². The largest absolute Gasteiger partial charge is 0.489 e. The van der Waals surface area contributed by atoms with Crippen molar-refractivity contribution in [3.8, 4) is 5.75 Å². The molecule has 1 atom stereocenters. The van der Waals surface area contributed by atoms with Gasteiger partial charge in [-0.05, 0) is 51.4 Å². The Labute approximate surface area is 117 Å². The number of nitrogens with one attached hydrogen (secondary N) is 2. The molecule has 19 heavy (non-hydrogen) atoms. The Morgan fingerprint density at radius 2 is 1.74 bits per heavy atom. The van der Waals surface area contributed by atoms with Crippen LogP contribution in [0.25, 0.3) is 0 Å². The van der Waals surface area contributed by atoms with Gasteiger partial charge in [0.25, 0.3) is 0 Å². The summed E-state index contributed by atoms with van der Waals surface area (Å²) >= 11 is 0. The number of hydrogen-bond donors (Lipinski definition) is 2. The lowest BCUT2D eigenvalue weighted by molar-refractivity contribution is 0.243. The van der Waals surface area contributed by atoms with Gasteiger partial charge in [0.05, 0.1) is 11.8 Å². The first-order valence-corrected chi connectivity index (χ1v) is 7.18. The lowest BCUT2D eigenvalue weighted by Gasteiger charge is -2.23. The zero-order valence-corrected chi connectivity index (χ0v) is 12.9. The summed E-state index contributed by atoms with van der Waals surface area (Å²) in [6, 6.07) is 8.15. The fourth-order valence-electron chi connectivity index (χ4n) is 2.02. The second-order valence-electron chi connectivity index (χ2n) is 5.61. The molecular weight excluding hydrogens is 236 g/mol. The van der Waals surface area contributed by atoms with Crippen LogP contribution in [0.5, 0.6) is 5.75 Å². The average Bonchev–Trinajstić information content (AvgIpc) is 2.35. The van der Waals surface area contributed by atoms with Crippen molar-refractivity contribution in [1.82, 2.24) is 5.32 Å². The van der Waals surface area contributed by atoms with E-state index in [-0.39, 0.29) is 6.10 Å². The Kier molecular flexibility index (Phi) is 6.71. The van der Waals surface area contributed by atoms with Crippen molar-refractivity contribution in [2.24, 2.45) is 11.8 Å². The first-order chi connectivity index (χ1) is 9.04. The second-order valence-corrected chi connectivity index (χ2v) is 5.61. The summed E-state index contributed by atoms with van der Waals surface area (Å²) in [6.45, 7) is 10.6. The van der Waals surface area contributed by atoms with Gasteiger partial charge in [-0.15, -0.1) is 0 Å². The zero-order valence-electron chi connectivity index (χ0n) is 12.9. The minimum atomic E-state index is 0.196. The molecule has 0 aliphatic carbocycles. The van der Waals surface area contributed by atoms with Gasteiger partial charge in [-0.25, -0.2) is 0 Å². The standard InChI is InChI=1S/C16H28N2O/c1-12(2)14(10-17-5)11-18-15-8-6-7-9-16(15)19-13(3)4/h6-9,12-14,17-18H,10-11H2,1-5H3. The van der Waals surface area contributed by atoms with Crippen LogP contribution < -0.4 is 15.4 Å². The molecule has 0 aliphatic rings. The maximum Gasteiger partial charge on any atom is 0.142 e. The lowest BCUT2D eigenvalue weighted by Crippen LogP contribution is -2.29. The minimum Gasteiger partial charge on any atom is -0.489 e. The van der Waals surface area contributed by atoms with E-state index in [1.165, 1.54) is 0 Å². The van der Waals surface area contributed by atoms with E-state index in [4.69, 9.17) is 4.74 Å². The Morgan fingerprint density at radius 1 is 1.05 bits per heavy atom. The molecule has 0 radical (unpaired) electrons. The Hall–Kier alpha value is -1.22. The van der Waals surface area contributed by atoms with Gasteiger partial charge in [-0.3, -0.25) is 0 Å². The SMILES string of the molecule is CNCC(CNc1ccccc1OC(C)C)C(C)C. The van der Waals surface area contributed by atoms with Crippen molar-refractivity contribution >= 4 is 5.69 Å². The molecule has 0 bridgehead atoms. The summed E-state index contributed by atoms with van der Waals surface area (Å²) in [7, 11) is 2.01. The average molecular weight is 264 g/mol. The van der Waals surface area contributed by atoms with E-state index >= 15 is 0 Å². The summed E-state index contributed by atoms with van der Waals surface area (Å²) in [5, 5.41) is 6.78. The normalized spacial score (nSPS) is 12.8. The molecule has 1 rings (SSSR count). The molecule has 1 aromatic rings. The van der Waals surface area contributed by atoms with E-state index in [1.54, 1.807) is 0 Å². The van der Waals surface area contributed by atoms with E-state index in [0.29, 0.717) is 11.8 Å². The number of anilines is 1. The molecule has 0 saturated heterocycles. The van der Waals surface area contributed by atoms with Gasteiger partial charge >= 0.3 is 0 Å². The van der Waals surface area contributed by atoms with Crippen LogP contribution in [-0.2, 0) is 0 Å². The molecule has 3 heteroatoms. The third-order valence-corrected chi connectivity index (χ3v) is 3.21. The molecule has 0 amide bonds. The number of benzene rings is 1. The van der Waals surface area contributed by atoms with Gasteiger partial charge in [0.15, 0.2) is 0 Å². The van der Waals surface area contributed by atoms with Gasteiger partial charge in [0, 0.05) is 6.54 Å². The van der Waals surface area contributed by atoms with E-state index < -0.39 is 0 Å². The third-order valence-electron chi connectivity index (χ3n) is 3.21. The number of ether oxygens (including phenoxy) is 1. The maximum atomic E-state index is 5.82. The van der Waals surface area contributed by atoms with Crippen molar-refractivity contribution in [3.63, 3.8) is 0 Å². The third kappa shape index (κ3) is 5.52. The minimum absolute atomic E-state index is 0.196. The summed E-state index contributed by atoms with van der Waals surface area (Å²) in [4.78, 5) is 0. The fourth-order valence-corrected chi connectivity index (χ4v) is 2.02. The van der Waals surface area contributed by atoms with E-state index in [0.717, 1.165) is 24.5 Å². The quantitative estimate of drug-likeness (QED) is 0.755. The highest BCUT2D eigenvalue weighted by molar-refractivity contribution is 5.56. The van der Waals surface area contributed by atoms with Crippen molar-refractivity contribution in [2.45, 2.75) is 33.8 Å². The molecule has 0 spiro atoms. The van der Waals surface area contributed by atoms with Crippen molar-refractivity contribution in [1.29, 1.82) is 0 Å². The van der Waals surface area contributed by atoms with E-state index in [1.807, 2.05) is 25.2 Å². The molecule has 2 N–H and O–H groups in total. The number of para-hydroxylation sites is 2. The maximum absolute atomic E-state index is 5.82. The van der Waals surface area contributed by atoms with Crippen molar-refractivity contribution in [2.75, 3.05) is 25.5 Å². The zero-order chi connectivity index (χ0) is 14.3. The second kappa shape index (κ2) is 8.05. The smallest absolute Gasteiger partial charge is 0.142 e. The molecule has 0 aliphatic heterocycles. The van der Waals surface area contributed by atoms with Crippen molar-refractivity contribution in [3.05, 3.63) is 24.3 Å². The molecule has 0 heterocycles. The summed E-state index contributed by atoms with van der Waals surface area (Å²) < 4.78 is 5.82. The van der Waals surface area contributed by atoms with Crippen LogP contribution in [0.1, 0.15) is 27.7 Å². The van der Waals surface area contributed by atoms with Crippen LogP contribution >= 0.6 is 0 Å². The molecule has 3 nitrogen and oxygen atoms in total. The highest BCUT2D eigenvalue weighted by Gasteiger charge is 2.13. The molecule has 0 aromatic heterocycles. The van der Waals surface area contributed by atoms with E-state index in [2.05, 4.69) is 44.4 Å². The Balaban J connectivity index is 2.65. The molecule has 0 fully saturated rings. The number of rotatable bonds is 8. The summed E-state index contributed by atoms with van der Waals surface area (Å²) in [5.41, 5.74) is 1.08. The first-order valence-electron chi connectivity index (χ1n) is 7.18. The van der Waals surface area contributed by atoms with Crippen LogP contribution in [0.4, 0.5) is 5.69 Å². The van der Waals surface area contributed by atoms with Gasteiger partial charge in [0.2, 0.25) is 0 Å². The van der Waals surface area contributed by atoms with Gasteiger partial charge in [-0.2, -0.15) is 0 Å².